The van der Waals surface area contributed by atoms with Crippen molar-refractivity contribution in [2.45, 2.75) is 0 Å². The first-order chi connectivity index (χ1) is 10.2. The second-order valence-corrected chi connectivity index (χ2v) is 7.03. The fraction of sp³-hybridized carbons (Fsp3) is 0. The second kappa shape index (κ2) is 6.52. The minimum Gasteiger partial charge on any atom is -0.227 e. The Labute approximate surface area is 140 Å². The van der Waals surface area contributed by atoms with Crippen molar-refractivity contribution in [3.63, 3.8) is 0 Å². The molecule has 0 unspecified atom stereocenters. The van der Waals surface area contributed by atoms with Crippen molar-refractivity contribution in [1.82, 2.24) is 4.98 Å². The highest BCUT2D eigenvalue weighted by Gasteiger charge is 2.10. The number of nitrogens with zero attached hydrogens (tertiary/aromatic N) is 2. The van der Waals surface area contributed by atoms with Gasteiger partial charge in [0.15, 0.2) is 0 Å². The third-order valence-electron chi connectivity index (χ3n) is 2.82. The Morgan fingerprint density at radius 2 is 1.76 bits per heavy atom. The number of halogens is 2. The maximum atomic E-state index is 5.91. The molecule has 0 atom stereocenters. The largest absolute Gasteiger partial charge is 0.227 e. The van der Waals surface area contributed by atoms with Gasteiger partial charge in [-0.05, 0) is 33.6 Å². The monoisotopic (exact) mass is 376 g/mol. The van der Waals surface area contributed by atoms with Crippen LogP contribution >= 0.6 is 38.9 Å². The Hall–Kier alpha value is -1.49. The fourth-order valence-electron chi connectivity index (χ4n) is 1.80. The average molecular weight is 378 g/mol. The van der Waals surface area contributed by atoms with Gasteiger partial charge in [0.05, 0.1) is 9.48 Å². The van der Waals surface area contributed by atoms with Crippen LogP contribution in [0.5, 0.6) is 0 Å². The third-order valence-corrected chi connectivity index (χ3v) is 4.68. The molecule has 104 valence electrons. The van der Waals surface area contributed by atoms with Crippen molar-refractivity contribution in [2.75, 3.05) is 0 Å². The van der Waals surface area contributed by atoms with E-state index in [1.54, 1.807) is 0 Å². The van der Waals surface area contributed by atoms with Gasteiger partial charge in [-0.3, -0.25) is 0 Å². The highest BCUT2D eigenvalue weighted by atomic mass is 79.9. The van der Waals surface area contributed by atoms with Crippen LogP contribution in [-0.2, 0) is 0 Å². The molecular formula is C16H10BrClN2S. The first kappa shape index (κ1) is 14.4. The van der Waals surface area contributed by atoms with Crippen LogP contribution in [-0.4, -0.2) is 11.2 Å². The van der Waals surface area contributed by atoms with Gasteiger partial charge in [0, 0.05) is 16.8 Å². The summed E-state index contributed by atoms with van der Waals surface area (Å²) in [6.45, 7) is 0. The maximum Gasteiger partial charge on any atom is 0.210 e. The van der Waals surface area contributed by atoms with E-state index in [0.717, 1.165) is 25.7 Å². The van der Waals surface area contributed by atoms with Crippen LogP contribution in [0.2, 0.25) is 5.02 Å². The maximum absolute atomic E-state index is 5.91. The molecule has 3 rings (SSSR count). The van der Waals surface area contributed by atoms with Gasteiger partial charge in [0.2, 0.25) is 5.13 Å². The molecule has 3 aromatic rings. The van der Waals surface area contributed by atoms with Gasteiger partial charge in [-0.2, -0.15) is 0 Å². The van der Waals surface area contributed by atoms with Gasteiger partial charge >= 0.3 is 0 Å². The summed E-state index contributed by atoms with van der Waals surface area (Å²) in [4.78, 5) is 8.98. The summed E-state index contributed by atoms with van der Waals surface area (Å²) in [6.07, 6.45) is 1.82. The zero-order valence-corrected chi connectivity index (χ0v) is 14.0. The first-order valence-electron chi connectivity index (χ1n) is 6.24. The SMILES string of the molecule is Clc1ccc(-c2nc(/N=C/c3ccccc3)sc2Br)cc1. The van der Waals surface area contributed by atoms with Gasteiger partial charge in [-0.1, -0.05) is 65.4 Å². The lowest BCUT2D eigenvalue weighted by atomic mass is 10.2. The smallest absolute Gasteiger partial charge is 0.210 e. The second-order valence-electron chi connectivity index (χ2n) is 4.29. The van der Waals surface area contributed by atoms with E-state index < -0.39 is 0 Å². The molecule has 0 fully saturated rings. The molecule has 5 heteroatoms. The van der Waals surface area contributed by atoms with Crippen LogP contribution in [0, 0.1) is 0 Å². The quantitative estimate of drug-likeness (QED) is 0.516. The lowest BCUT2D eigenvalue weighted by molar-refractivity contribution is 1.35. The van der Waals surface area contributed by atoms with Gasteiger partial charge < -0.3 is 0 Å². The number of aliphatic imine (C=N–C) groups is 1. The third kappa shape index (κ3) is 3.59. The molecule has 0 amide bonds. The van der Waals surface area contributed by atoms with Crippen LogP contribution in [0.3, 0.4) is 0 Å². The molecule has 2 nitrogen and oxygen atoms in total. The van der Waals surface area contributed by atoms with E-state index in [1.807, 2.05) is 60.8 Å². The Morgan fingerprint density at radius 3 is 2.48 bits per heavy atom. The topological polar surface area (TPSA) is 25.2 Å². The number of rotatable bonds is 3. The average Bonchev–Trinajstić information content (AvgIpc) is 2.88. The molecular weight excluding hydrogens is 368 g/mol. The fourth-order valence-corrected chi connectivity index (χ4v) is 3.34. The molecule has 0 saturated carbocycles. The number of benzene rings is 2. The molecule has 0 radical (unpaired) electrons. The summed E-state index contributed by atoms with van der Waals surface area (Å²) >= 11 is 11.0. The van der Waals surface area contributed by atoms with Crippen molar-refractivity contribution >= 4 is 50.2 Å². The van der Waals surface area contributed by atoms with Crippen LogP contribution in [0.1, 0.15) is 5.56 Å². The van der Waals surface area contributed by atoms with E-state index in [-0.39, 0.29) is 0 Å². The van der Waals surface area contributed by atoms with Crippen molar-refractivity contribution in [3.05, 3.63) is 69.0 Å². The molecule has 0 bridgehead atoms. The molecule has 1 aromatic heterocycles. The molecule has 0 aliphatic carbocycles. The van der Waals surface area contributed by atoms with Crippen molar-refractivity contribution < 1.29 is 0 Å². The van der Waals surface area contributed by atoms with E-state index in [0.29, 0.717) is 5.02 Å². The normalized spacial score (nSPS) is 11.1. The van der Waals surface area contributed by atoms with E-state index >= 15 is 0 Å². The Morgan fingerprint density at radius 1 is 1.05 bits per heavy atom. The lowest BCUT2D eigenvalue weighted by Crippen LogP contribution is -1.79. The molecule has 0 N–H and O–H groups in total. The van der Waals surface area contributed by atoms with E-state index in [4.69, 9.17) is 11.6 Å². The van der Waals surface area contributed by atoms with Crippen LogP contribution in [0.15, 0.2) is 63.4 Å². The van der Waals surface area contributed by atoms with Crippen LogP contribution in [0.4, 0.5) is 5.13 Å². The number of thiazole rings is 1. The molecule has 1 heterocycles. The van der Waals surface area contributed by atoms with Crippen LogP contribution in [0.25, 0.3) is 11.3 Å². The molecule has 0 aliphatic heterocycles. The summed E-state index contributed by atoms with van der Waals surface area (Å²) < 4.78 is 0.963. The van der Waals surface area contributed by atoms with Gasteiger partial charge in [0.1, 0.15) is 0 Å². The molecule has 0 saturated heterocycles. The number of hydrogen-bond donors (Lipinski definition) is 0. The number of aromatic nitrogens is 1. The highest BCUT2D eigenvalue weighted by Crippen LogP contribution is 2.37. The van der Waals surface area contributed by atoms with Crippen molar-refractivity contribution in [1.29, 1.82) is 0 Å². The zero-order chi connectivity index (χ0) is 14.7. The predicted octanol–water partition coefficient (Wildman–Crippen LogP) is 5.98. The summed E-state index contributed by atoms with van der Waals surface area (Å²) in [5.74, 6) is 0. The van der Waals surface area contributed by atoms with Gasteiger partial charge in [-0.25, -0.2) is 9.98 Å². The van der Waals surface area contributed by atoms with E-state index in [2.05, 4.69) is 25.9 Å². The van der Waals surface area contributed by atoms with Crippen molar-refractivity contribution in [2.24, 2.45) is 4.99 Å². The molecule has 2 aromatic carbocycles. The summed E-state index contributed by atoms with van der Waals surface area (Å²) in [5.41, 5.74) is 2.96. The minimum atomic E-state index is 0.715. The first-order valence-corrected chi connectivity index (χ1v) is 8.22. The number of hydrogen-bond acceptors (Lipinski definition) is 3. The standard InChI is InChI=1S/C16H10BrClN2S/c17-15-14(12-6-8-13(18)9-7-12)20-16(21-15)19-10-11-4-2-1-3-5-11/h1-10H/b19-10+. The molecule has 0 spiro atoms. The lowest BCUT2D eigenvalue weighted by Gasteiger charge is -1.97. The summed E-state index contributed by atoms with van der Waals surface area (Å²) in [7, 11) is 0. The van der Waals surface area contributed by atoms with Gasteiger partial charge in [0.25, 0.3) is 0 Å². The summed E-state index contributed by atoms with van der Waals surface area (Å²) in [6, 6.07) is 17.6. The molecule has 0 aliphatic rings. The Kier molecular flexibility index (Phi) is 4.48. The Bertz CT molecular complexity index is 767. The highest BCUT2D eigenvalue weighted by molar-refractivity contribution is 9.11. The zero-order valence-electron chi connectivity index (χ0n) is 10.8. The predicted molar refractivity (Wildman–Crippen MR) is 94.0 cm³/mol. The van der Waals surface area contributed by atoms with Crippen LogP contribution < -0.4 is 0 Å². The van der Waals surface area contributed by atoms with E-state index in [9.17, 15) is 0 Å². The van der Waals surface area contributed by atoms with Crippen molar-refractivity contribution in [3.8, 4) is 11.3 Å². The molecule has 21 heavy (non-hydrogen) atoms. The van der Waals surface area contributed by atoms with E-state index in [1.165, 1.54) is 11.3 Å². The Balaban J connectivity index is 1.88. The minimum absolute atomic E-state index is 0.715. The summed E-state index contributed by atoms with van der Waals surface area (Å²) in [5, 5.41) is 1.43. The van der Waals surface area contributed by atoms with Gasteiger partial charge in [-0.15, -0.1) is 0 Å².